The van der Waals surface area contributed by atoms with Gasteiger partial charge in [-0.1, -0.05) is 45.7 Å². The van der Waals surface area contributed by atoms with Crippen LogP contribution in [0.15, 0.2) is 35.7 Å². The minimum absolute atomic E-state index is 0.0167. The van der Waals surface area contributed by atoms with E-state index >= 15 is 0 Å². The smallest absolute Gasteiger partial charge is 0.242 e. The number of ether oxygens (including phenoxy) is 1. The lowest BCUT2D eigenvalue weighted by atomic mass is 10.00. The van der Waals surface area contributed by atoms with Gasteiger partial charge >= 0.3 is 0 Å². The predicted molar refractivity (Wildman–Crippen MR) is 135 cm³/mol. The summed E-state index contributed by atoms with van der Waals surface area (Å²) >= 11 is 7.72. The lowest BCUT2D eigenvalue weighted by Gasteiger charge is -2.37. The molecule has 0 aliphatic carbocycles. The Morgan fingerprint density at radius 3 is 2.61 bits per heavy atom. The largest absolute Gasteiger partial charge is 0.491 e. The van der Waals surface area contributed by atoms with E-state index in [1.165, 1.54) is 4.88 Å². The molecule has 5 nitrogen and oxygen atoms in total. The fourth-order valence-electron chi connectivity index (χ4n) is 4.07. The maximum atomic E-state index is 13.5. The Morgan fingerprint density at radius 1 is 1.21 bits per heavy atom. The maximum Gasteiger partial charge on any atom is 0.242 e. The van der Waals surface area contributed by atoms with Crippen molar-refractivity contribution >= 4 is 34.8 Å². The number of rotatable bonds is 10. The molecular formula is C26H35ClN2O3S. The minimum Gasteiger partial charge on any atom is -0.491 e. The number of benzene rings is 1. The van der Waals surface area contributed by atoms with Gasteiger partial charge in [0, 0.05) is 29.4 Å². The van der Waals surface area contributed by atoms with Crippen molar-refractivity contribution in [1.29, 1.82) is 0 Å². The Labute approximate surface area is 206 Å². The van der Waals surface area contributed by atoms with Crippen molar-refractivity contribution in [3.63, 3.8) is 0 Å². The molecular weight excluding hydrogens is 456 g/mol. The highest BCUT2D eigenvalue weighted by Gasteiger charge is 2.33. The van der Waals surface area contributed by atoms with E-state index in [1.54, 1.807) is 28.4 Å². The van der Waals surface area contributed by atoms with Crippen molar-refractivity contribution in [1.82, 2.24) is 9.80 Å². The summed E-state index contributed by atoms with van der Waals surface area (Å²) in [5.41, 5.74) is 1.15. The Bertz CT molecular complexity index is 928. The molecule has 180 valence electrons. The number of carbonyl (C=O) groups excluding carboxylic acids is 2. The predicted octanol–water partition coefficient (Wildman–Crippen LogP) is 5.83. The molecule has 2 amide bonds. The molecule has 1 aliphatic heterocycles. The first-order chi connectivity index (χ1) is 15.8. The van der Waals surface area contributed by atoms with Crippen LogP contribution in [-0.4, -0.2) is 47.9 Å². The summed E-state index contributed by atoms with van der Waals surface area (Å²) in [5, 5.41) is 2.74. The average molecular weight is 491 g/mol. The molecule has 0 saturated heterocycles. The van der Waals surface area contributed by atoms with Gasteiger partial charge in [0.15, 0.2) is 0 Å². The third kappa shape index (κ3) is 6.97. The summed E-state index contributed by atoms with van der Waals surface area (Å²) in [6.45, 7) is 10.0. The summed E-state index contributed by atoms with van der Waals surface area (Å²) in [6.07, 6.45) is 2.27. The van der Waals surface area contributed by atoms with E-state index in [2.05, 4.69) is 25.3 Å². The van der Waals surface area contributed by atoms with Crippen LogP contribution in [-0.2, 0) is 16.0 Å². The number of carbonyl (C=O) groups is 2. The van der Waals surface area contributed by atoms with E-state index in [0.717, 1.165) is 24.2 Å². The molecule has 0 saturated carbocycles. The summed E-state index contributed by atoms with van der Waals surface area (Å²) in [6, 6.07) is 9.19. The van der Waals surface area contributed by atoms with Crippen LogP contribution < -0.4 is 4.74 Å². The van der Waals surface area contributed by atoms with Crippen LogP contribution in [0.4, 0.5) is 0 Å². The lowest BCUT2D eigenvalue weighted by Crippen LogP contribution is -2.48. The summed E-state index contributed by atoms with van der Waals surface area (Å²) in [5.74, 6) is 1.37. The van der Waals surface area contributed by atoms with E-state index in [4.69, 9.17) is 16.3 Å². The second-order valence-electron chi connectivity index (χ2n) is 9.30. The number of thiophene rings is 1. The number of amides is 2. The van der Waals surface area contributed by atoms with E-state index in [0.29, 0.717) is 37.1 Å². The van der Waals surface area contributed by atoms with E-state index in [-0.39, 0.29) is 30.3 Å². The third-order valence-corrected chi connectivity index (χ3v) is 7.38. The molecule has 2 heterocycles. The molecule has 0 spiro atoms. The maximum absolute atomic E-state index is 13.5. The first-order valence-electron chi connectivity index (χ1n) is 11.8. The van der Waals surface area contributed by atoms with Gasteiger partial charge in [-0.05, 0) is 59.5 Å². The van der Waals surface area contributed by atoms with Crippen LogP contribution in [0.2, 0.25) is 5.02 Å². The van der Waals surface area contributed by atoms with E-state index < -0.39 is 0 Å². The minimum atomic E-state index is -0.172. The quantitative estimate of drug-likeness (QED) is 0.421. The number of hydrogen-bond donors (Lipinski definition) is 0. The Morgan fingerprint density at radius 2 is 1.94 bits per heavy atom. The molecule has 0 radical (unpaired) electrons. The summed E-state index contributed by atoms with van der Waals surface area (Å²) < 4.78 is 6.07. The number of hydrogen-bond acceptors (Lipinski definition) is 4. The van der Waals surface area contributed by atoms with Gasteiger partial charge < -0.3 is 14.5 Å². The van der Waals surface area contributed by atoms with Gasteiger partial charge in [-0.15, -0.1) is 11.3 Å². The molecule has 33 heavy (non-hydrogen) atoms. The molecule has 7 heteroatoms. The Balaban J connectivity index is 1.76. The van der Waals surface area contributed by atoms with Crippen LogP contribution in [0.3, 0.4) is 0 Å². The van der Waals surface area contributed by atoms with Crippen LogP contribution in [0.5, 0.6) is 5.75 Å². The second-order valence-corrected chi connectivity index (χ2v) is 10.7. The average Bonchev–Trinajstić information content (AvgIpc) is 3.26. The second kappa shape index (κ2) is 11.9. The van der Waals surface area contributed by atoms with Gasteiger partial charge in [-0.3, -0.25) is 9.59 Å². The van der Waals surface area contributed by atoms with Gasteiger partial charge in [0.05, 0.1) is 12.6 Å². The fraction of sp³-hybridized carbons (Fsp3) is 0.538. The zero-order valence-electron chi connectivity index (χ0n) is 20.1. The highest BCUT2D eigenvalue weighted by atomic mass is 35.5. The van der Waals surface area contributed by atoms with Gasteiger partial charge in [-0.2, -0.15) is 0 Å². The van der Waals surface area contributed by atoms with Gasteiger partial charge in [0.1, 0.15) is 12.4 Å². The van der Waals surface area contributed by atoms with Crippen molar-refractivity contribution in [2.75, 3.05) is 26.2 Å². The van der Waals surface area contributed by atoms with Gasteiger partial charge in [0.25, 0.3) is 0 Å². The zero-order chi connectivity index (χ0) is 24.0. The topological polar surface area (TPSA) is 49.9 Å². The number of nitrogens with zero attached hydrogens (tertiary/aromatic N) is 2. The first-order valence-corrected chi connectivity index (χ1v) is 13.1. The molecule has 3 rings (SSSR count). The van der Waals surface area contributed by atoms with Crippen molar-refractivity contribution in [3.05, 3.63) is 51.2 Å². The first kappa shape index (κ1) is 25.6. The molecule has 0 N–H and O–H groups in total. The third-order valence-electron chi connectivity index (χ3n) is 6.13. The van der Waals surface area contributed by atoms with Gasteiger partial charge in [0.2, 0.25) is 11.8 Å². The molecule has 1 aromatic carbocycles. The summed E-state index contributed by atoms with van der Waals surface area (Å²) in [4.78, 5) is 31.4. The zero-order valence-corrected chi connectivity index (χ0v) is 21.6. The Kier molecular flexibility index (Phi) is 9.21. The molecule has 0 fully saturated rings. The van der Waals surface area contributed by atoms with Crippen molar-refractivity contribution in [3.8, 4) is 5.75 Å². The van der Waals surface area contributed by atoms with Crippen molar-refractivity contribution < 1.29 is 14.3 Å². The molecule has 2 atom stereocenters. The lowest BCUT2D eigenvalue weighted by molar-refractivity contribution is -0.143. The van der Waals surface area contributed by atoms with Gasteiger partial charge in [-0.25, -0.2) is 0 Å². The van der Waals surface area contributed by atoms with Crippen molar-refractivity contribution in [2.45, 2.75) is 53.0 Å². The Hall–Kier alpha value is -2.05. The van der Waals surface area contributed by atoms with Crippen LogP contribution in [0.1, 0.15) is 57.0 Å². The highest BCUT2D eigenvalue weighted by Crippen LogP contribution is 2.34. The molecule has 2 aromatic rings. The fourth-order valence-corrected chi connectivity index (χ4v) is 5.13. The van der Waals surface area contributed by atoms with E-state index in [1.807, 2.05) is 30.9 Å². The standard InChI is InChI=1S/C26H35ClN2O3S/c1-5-19(4)15-28(25(30)14-18(2)3)16-26(31)29-12-10-24-22(11-13-33-24)23(29)17-32-21-8-6-20(27)7-9-21/h6-9,11,13,18-19,23H,5,10,12,14-17H2,1-4H3/t19-,23-/m1/s1. The normalized spacial score (nSPS) is 16.4. The molecule has 0 bridgehead atoms. The molecule has 1 aromatic heterocycles. The SMILES string of the molecule is CC[C@@H](C)CN(CC(=O)N1CCc2sccc2[C@H]1COc1ccc(Cl)cc1)C(=O)CC(C)C. The number of halogens is 1. The van der Waals surface area contributed by atoms with Crippen LogP contribution >= 0.6 is 22.9 Å². The molecule has 0 unspecified atom stereocenters. The van der Waals surface area contributed by atoms with Crippen LogP contribution in [0, 0.1) is 11.8 Å². The summed E-state index contributed by atoms with van der Waals surface area (Å²) in [7, 11) is 0. The van der Waals surface area contributed by atoms with Crippen molar-refractivity contribution in [2.24, 2.45) is 11.8 Å². The van der Waals surface area contributed by atoms with Crippen LogP contribution in [0.25, 0.3) is 0 Å². The monoisotopic (exact) mass is 490 g/mol. The van der Waals surface area contributed by atoms with E-state index in [9.17, 15) is 9.59 Å². The molecule has 1 aliphatic rings. The highest BCUT2D eigenvalue weighted by molar-refractivity contribution is 7.10. The number of fused-ring (bicyclic) bond motifs is 1.